The van der Waals surface area contributed by atoms with Crippen molar-refractivity contribution in [2.75, 3.05) is 38.1 Å². The van der Waals surface area contributed by atoms with Crippen molar-refractivity contribution in [2.24, 2.45) is 0 Å². The third-order valence-electron chi connectivity index (χ3n) is 3.79. The molecule has 1 aromatic carbocycles. The molecular weight excluding hydrogens is 282 g/mol. The highest BCUT2D eigenvalue weighted by atomic mass is 16.5. The summed E-state index contributed by atoms with van der Waals surface area (Å²) in [5.41, 5.74) is 1.45. The number of likely N-dealkylation sites (N-methyl/N-ethyl adjacent to an activating group) is 1. The second-order valence-electron chi connectivity index (χ2n) is 5.43. The fraction of sp³-hybridized carbons (Fsp3) is 0.400. The first-order valence-electron chi connectivity index (χ1n) is 7.27. The van der Waals surface area contributed by atoms with Gasteiger partial charge in [0.1, 0.15) is 5.75 Å². The van der Waals surface area contributed by atoms with Gasteiger partial charge in [-0.3, -0.25) is 9.89 Å². The Morgan fingerprint density at radius 2 is 1.86 bits per heavy atom. The molecule has 116 valence electrons. The lowest BCUT2D eigenvalue weighted by Gasteiger charge is -2.34. The van der Waals surface area contributed by atoms with Crippen molar-refractivity contribution in [3.63, 3.8) is 0 Å². The predicted octanol–water partition coefficient (Wildman–Crippen LogP) is 1.55. The highest BCUT2D eigenvalue weighted by Gasteiger charge is 2.16. The highest BCUT2D eigenvalue weighted by molar-refractivity contribution is 5.94. The fourth-order valence-corrected chi connectivity index (χ4v) is 2.42. The molecule has 0 spiro atoms. The molecule has 2 heterocycles. The topological polar surface area (TPSA) is 74.3 Å². The van der Waals surface area contributed by atoms with Crippen LogP contribution in [0.2, 0.25) is 0 Å². The van der Waals surface area contributed by atoms with Gasteiger partial charge in [-0.15, -0.1) is 0 Å². The molecule has 1 aliphatic rings. The van der Waals surface area contributed by atoms with Gasteiger partial charge in [0, 0.05) is 38.8 Å². The molecule has 0 atom stereocenters. The molecule has 0 unspecified atom stereocenters. The number of nitrogens with one attached hydrogen (secondary N) is 1. The Balaban J connectivity index is 1.69. The second-order valence-corrected chi connectivity index (χ2v) is 5.43. The Kier molecular flexibility index (Phi) is 4.06. The van der Waals surface area contributed by atoms with E-state index in [0.29, 0.717) is 5.75 Å². The Hall–Kier alpha value is -2.41. The van der Waals surface area contributed by atoms with Crippen LogP contribution >= 0.6 is 0 Å². The predicted molar refractivity (Wildman–Crippen MR) is 82.6 cm³/mol. The molecule has 0 amide bonds. The third kappa shape index (κ3) is 3.09. The number of H-pyrrole nitrogens is 1. The number of nitrogens with zero attached hydrogens (tertiary/aromatic N) is 4. The van der Waals surface area contributed by atoms with E-state index in [1.807, 2.05) is 24.3 Å². The van der Waals surface area contributed by atoms with Crippen molar-refractivity contribution >= 4 is 11.5 Å². The lowest BCUT2D eigenvalue weighted by atomic mass is 10.2. The molecule has 7 nitrogen and oxygen atoms in total. The van der Waals surface area contributed by atoms with Gasteiger partial charge in [0.2, 0.25) is 0 Å². The zero-order valence-corrected chi connectivity index (χ0v) is 12.7. The van der Waals surface area contributed by atoms with Crippen LogP contribution in [0.5, 0.6) is 11.6 Å². The summed E-state index contributed by atoms with van der Waals surface area (Å²) in [6, 6.07) is 7.81. The lowest BCUT2D eigenvalue weighted by Crippen LogP contribution is -2.44. The minimum absolute atomic E-state index is 0.158. The standard InChI is InChI=1S/C15H19N5O2/c1-11(21)14-15(17-18-16-14)22-13-5-3-12(4-6-13)20-9-7-19(2)8-10-20/h3-6H,7-10H2,1-2H3,(H,16,17,18). The van der Waals surface area contributed by atoms with E-state index in [1.54, 1.807) is 0 Å². The maximum absolute atomic E-state index is 11.4. The van der Waals surface area contributed by atoms with Gasteiger partial charge in [-0.1, -0.05) is 10.3 Å². The number of hydrogen-bond acceptors (Lipinski definition) is 6. The molecule has 2 aromatic rings. The van der Waals surface area contributed by atoms with Crippen molar-refractivity contribution in [1.29, 1.82) is 0 Å². The van der Waals surface area contributed by atoms with Crippen LogP contribution in [0.3, 0.4) is 0 Å². The average molecular weight is 301 g/mol. The van der Waals surface area contributed by atoms with Crippen LogP contribution in [0.1, 0.15) is 17.4 Å². The van der Waals surface area contributed by atoms with Crippen LogP contribution in [-0.4, -0.2) is 59.3 Å². The van der Waals surface area contributed by atoms with E-state index in [2.05, 4.69) is 32.3 Å². The summed E-state index contributed by atoms with van der Waals surface area (Å²) in [6.45, 7) is 5.62. The molecule has 1 aliphatic heterocycles. The molecule has 0 bridgehead atoms. The van der Waals surface area contributed by atoms with E-state index in [1.165, 1.54) is 12.6 Å². The molecule has 3 rings (SSSR count). The summed E-state index contributed by atoms with van der Waals surface area (Å²) in [7, 11) is 2.14. The summed E-state index contributed by atoms with van der Waals surface area (Å²) < 4.78 is 5.62. The average Bonchev–Trinajstić information content (AvgIpc) is 2.97. The molecule has 7 heteroatoms. The van der Waals surface area contributed by atoms with Gasteiger partial charge in [0.25, 0.3) is 5.88 Å². The summed E-state index contributed by atoms with van der Waals surface area (Å²) in [4.78, 5) is 16.1. The monoisotopic (exact) mass is 301 g/mol. The van der Waals surface area contributed by atoms with Gasteiger partial charge in [-0.2, -0.15) is 0 Å². The number of carbonyl (C=O) groups excluding carboxylic acids is 1. The van der Waals surface area contributed by atoms with Gasteiger partial charge in [-0.05, 0) is 31.3 Å². The molecule has 1 aromatic heterocycles. The van der Waals surface area contributed by atoms with Crippen molar-refractivity contribution in [3.05, 3.63) is 30.0 Å². The van der Waals surface area contributed by atoms with Gasteiger partial charge in [0.05, 0.1) is 0 Å². The number of piperazine rings is 1. The zero-order valence-electron chi connectivity index (χ0n) is 12.7. The number of aromatic nitrogens is 3. The van der Waals surface area contributed by atoms with Crippen molar-refractivity contribution in [2.45, 2.75) is 6.92 Å². The van der Waals surface area contributed by atoms with E-state index in [-0.39, 0.29) is 17.4 Å². The SMILES string of the molecule is CC(=O)c1[nH]nnc1Oc1ccc(N2CCN(C)CC2)cc1. The number of Topliss-reactive ketones (excluding diaryl/α,β-unsaturated/α-hetero) is 1. The van der Waals surface area contributed by atoms with E-state index >= 15 is 0 Å². The van der Waals surface area contributed by atoms with Crippen LogP contribution in [0.25, 0.3) is 0 Å². The minimum atomic E-state index is -0.158. The summed E-state index contributed by atoms with van der Waals surface area (Å²) in [5.74, 6) is 0.684. The Morgan fingerprint density at radius 3 is 2.50 bits per heavy atom. The summed E-state index contributed by atoms with van der Waals surface area (Å²) in [6.07, 6.45) is 0. The number of aromatic amines is 1. The van der Waals surface area contributed by atoms with Gasteiger partial charge < -0.3 is 14.5 Å². The smallest absolute Gasteiger partial charge is 0.269 e. The molecule has 1 N–H and O–H groups in total. The Bertz CT molecular complexity index is 644. The molecule has 22 heavy (non-hydrogen) atoms. The quantitative estimate of drug-likeness (QED) is 0.864. The van der Waals surface area contributed by atoms with E-state index < -0.39 is 0 Å². The van der Waals surface area contributed by atoms with Crippen LogP contribution in [0.4, 0.5) is 5.69 Å². The first-order chi connectivity index (χ1) is 10.6. The van der Waals surface area contributed by atoms with Crippen molar-refractivity contribution < 1.29 is 9.53 Å². The number of anilines is 1. The first kappa shape index (κ1) is 14.5. The van der Waals surface area contributed by atoms with Crippen LogP contribution in [0, 0.1) is 0 Å². The highest BCUT2D eigenvalue weighted by Crippen LogP contribution is 2.25. The maximum atomic E-state index is 11.4. The number of ketones is 1. The molecule has 1 saturated heterocycles. The minimum Gasteiger partial charge on any atom is -0.436 e. The van der Waals surface area contributed by atoms with Crippen molar-refractivity contribution in [1.82, 2.24) is 20.3 Å². The third-order valence-corrected chi connectivity index (χ3v) is 3.79. The van der Waals surface area contributed by atoms with E-state index in [0.717, 1.165) is 26.2 Å². The molecular formula is C15H19N5O2. The van der Waals surface area contributed by atoms with Crippen LogP contribution in [-0.2, 0) is 0 Å². The fourth-order valence-electron chi connectivity index (χ4n) is 2.42. The molecule has 0 radical (unpaired) electrons. The molecule has 0 saturated carbocycles. The molecule has 0 aliphatic carbocycles. The lowest BCUT2D eigenvalue weighted by molar-refractivity contribution is 0.101. The maximum Gasteiger partial charge on any atom is 0.269 e. The number of carbonyl (C=O) groups is 1. The summed E-state index contributed by atoms with van der Waals surface area (Å²) in [5, 5.41) is 9.94. The van der Waals surface area contributed by atoms with Crippen LogP contribution in [0.15, 0.2) is 24.3 Å². The first-order valence-corrected chi connectivity index (χ1v) is 7.27. The number of hydrogen-bond donors (Lipinski definition) is 1. The Labute approximate surface area is 128 Å². The number of rotatable bonds is 4. The zero-order chi connectivity index (χ0) is 15.5. The number of ether oxygens (including phenoxy) is 1. The van der Waals surface area contributed by atoms with E-state index in [9.17, 15) is 4.79 Å². The largest absolute Gasteiger partial charge is 0.436 e. The molecule has 1 fully saturated rings. The van der Waals surface area contributed by atoms with Crippen LogP contribution < -0.4 is 9.64 Å². The number of benzene rings is 1. The normalized spacial score (nSPS) is 15.8. The van der Waals surface area contributed by atoms with Gasteiger partial charge >= 0.3 is 0 Å². The Morgan fingerprint density at radius 1 is 1.18 bits per heavy atom. The van der Waals surface area contributed by atoms with Gasteiger partial charge in [0.15, 0.2) is 11.5 Å². The second kappa shape index (κ2) is 6.15. The summed E-state index contributed by atoms with van der Waals surface area (Å²) >= 11 is 0. The van der Waals surface area contributed by atoms with Gasteiger partial charge in [-0.25, -0.2) is 0 Å². The van der Waals surface area contributed by atoms with E-state index in [4.69, 9.17) is 4.74 Å². The van der Waals surface area contributed by atoms with Crippen molar-refractivity contribution in [3.8, 4) is 11.6 Å².